The monoisotopic (exact) mass is 381 g/mol. The molecule has 3 rings (SSSR count). The third kappa shape index (κ3) is 3.58. The molecule has 0 atom stereocenters. The van der Waals surface area contributed by atoms with Crippen LogP contribution >= 0.6 is 11.3 Å². The Kier molecular flexibility index (Phi) is 4.56. The Labute approximate surface area is 162 Å². The van der Waals surface area contributed by atoms with Gasteiger partial charge in [-0.2, -0.15) is 15.6 Å². The van der Waals surface area contributed by atoms with E-state index >= 15 is 0 Å². The topological polar surface area (TPSA) is 98.5 Å². The van der Waals surface area contributed by atoms with Crippen LogP contribution in [0.3, 0.4) is 0 Å². The van der Waals surface area contributed by atoms with Gasteiger partial charge in [0.25, 0.3) is 0 Å². The molecule has 0 aliphatic heterocycles. The zero-order chi connectivity index (χ0) is 20.0. The first-order valence-corrected chi connectivity index (χ1v) is 9.55. The van der Waals surface area contributed by atoms with Gasteiger partial charge in [-0.15, -0.1) is 16.4 Å². The quantitative estimate of drug-likeness (QED) is 0.666. The Morgan fingerprint density at radius 2 is 1.63 bits per heavy atom. The highest BCUT2D eigenvalue weighted by Crippen LogP contribution is 2.42. The molecule has 2 N–H and O–H groups in total. The molecule has 0 saturated heterocycles. The lowest BCUT2D eigenvalue weighted by molar-refractivity contribution is 0.423. The molecule has 0 spiro atoms. The van der Waals surface area contributed by atoms with Gasteiger partial charge < -0.3 is 5.11 Å². The molecule has 0 amide bonds. The van der Waals surface area contributed by atoms with Gasteiger partial charge in [-0.3, -0.25) is 0 Å². The first-order chi connectivity index (χ1) is 12.5. The predicted molar refractivity (Wildman–Crippen MR) is 107 cm³/mol. The smallest absolute Gasteiger partial charge is 0.192 e. The molecule has 0 unspecified atom stereocenters. The fourth-order valence-electron chi connectivity index (χ4n) is 2.90. The first kappa shape index (κ1) is 19.1. The summed E-state index contributed by atoms with van der Waals surface area (Å²) in [6.45, 7) is 12.5. The Bertz CT molecular complexity index is 993. The third-order valence-corrected chi connectivity index (χ3v) is 5.26. The second-order valence-corrected chi connectivity index (χ2v) is 9.45. The van der Waals surface area contributed by atoms with Crippen molar-refractivity contribution < 1.29 is 5.11 Å². The van der Waals surface area contributed by atoms with Gasteiger partial charge in [-0.05, 0) is 23.0 Å². The largest absolute Gasteiger partial charge is 0.507 e. The molecule has 2 heterocycles. The van der Waals surface area contributed by atoms with Crippen molar-refractivity contribution in [2.24, 2.45) is 0 Å². The van der Waals surface area contributed by atoms with Crippen molar-refractivity contribution in [3.05, 3.63) is 34.3 Å². The molecule has 0 saturated carbocycles. The van der Waals surface area contributed by atoms with Gasteiger partial charge >= 0.3 is 0 Å². The number of benzene rings is 1. The van der Waals surface area contributed by atoms with E-state index in [1.54, 1.807) is 0 Å². The van der Waals surface area contributed by atoms with Gasteiger partial charge in [0.05, 0.1) is 0 Å². The molecule has 0 aliphatic rings. The van der Waals surface area contributed by atoms with E-state index in [-0.39, 0.29) is 16.5 Å². The van der Waals surface area contributed by atoms with E-state index in [4.69, 9.17) is 5.26 Å². The fourth-order valence-corrected chi connectivity index (χ4v) is 3.70. The maximum atomic E-state index is 10.9. The number of H-pyrrole nitrogens is 1. The summed E-state index contributed by atoms with van der Waals surface area (Å²) in [5.41, 5.74) is 3.60. The van der Waals surface area contributed by atoms with Crippen LogP contribution in [0.2, 0.25) is 0 Å². The number of nitrogens with one attached hydrogen (secondary N) is 1. The Morgan fingerprint density at radius 3 is 2.15 bits per heavy atom. The number of nitriles is 1. The van der Waals surface area contributed by atoms with Crippen LogP contribution in [0.1, 0.15) is 58.4 Å². The van der Waals surface area contributed by atoms with E-state index < -0.39 is 0 Å². The summed E-state index contributed by atoms with van der Waals surface area (Å²) >= 11 is 1.48. The van der Waals surface area contributed by atoms with Crippen molar-refractivity contribution in [3.63, 3.8) is 0 Å². The average molecular weight is 382 g/mol. The van der Waals surface area contributed by atoms with E-state index in [1.807, 2.05) is 23.6 Å². The number of rotatable bonds is 2. The van der Waals surface area contributed by atoms with Crippen LogP contribution in [0.5, 0.6) is 5.75 Å². The molecule has 1 aromatic carbocycles. The van der Waals surface area contributed by atoms with Crippen LogP contribution in [0, 0.1) is 11.3 Å². The summed E-state index contributed by atoms with van der Waals surface area (Å²) in [6.07, 6.45) is 0. The summed E-state index contributed by atoms with van der Waals surface area (Å²) in [5, 5.41) is 33.1. The van der Waals surface area contributed by atoms with Gasteiger partial charge in [-0.25, -0.2) is 4.98 Å². The minimum absolute atomic E-state index is 0.208. The van der Waals surface area contributed by atoms with Crippen molar-refractivity contribution >= 4 is 11.3 Å². The molecule has 0 radical (unpaired) electrons. The zero-order valence-corrected chi connectivity index (χ0v) is 17.2. The van der Waals surface area contributed by atoms with Crippen LogP contribution in [-0.2, 0) is 10.8 Å². The van der Waals surface area contributed by atoms with Gasteiger partial charge in [0.1, 0.15) is 28.2 Å². The lowest BCUT2D eigenvalue weighted by Crippen LogP contribution is -2.17. The molecule has 27 heavy (non-hydrogen) atoms. The molecule has 6 nitrogen and oxygen atoms in total. The lowest BCUT2D eigenvalue weighted by atomic mass is 9.78. The normalized spacial score (nSPS) is 12.2. The fraction of sp³-hybridized carbons (Fsp3) is 0.400. The second kappa shape index (κ2) is 6.46. The van der Waals surface area contributed by atoms with Crippen LogP contribution in [0.25, 0.3) is 22.0 Å². The Morgan fingerprint density at radius 1 is 1.04 bits per heavy atom. The van der Waals surface area contributed by atoms with E-state index in [9.17, 15) is 5.11 Å². The zero-order valence-electron chi connectivity index (χ0n) is 16.4. The van der Waals surface area contributed by atoms with Crippen LogP contribution < -0.4 is 0 Å². The highest BCUT2D eigenvalue weighted by Gasteiger charge is 2.27. The second-order valence-electron chi connectivity index (χ2n) is 8.59. The van der Waals surface area contributed by atoms with E-state index in [2.05, 4.69) is 61.9 Å². The van der Waals surface area contributed by atoms with Gasteiger partial charge in [0.15, 0.2) is 5.69 Å². The maximum absolute atomic E-state index is 10.9. The molecule has 140 valence electrons. The van der Waals surface area contributed by atoms with Crippen LogP contribution in [0.4, 0.5) is 0 Å². The molecule has 0 aliphatic carbocycles. The van der Waals surface area contributed by atoms with Gasteiger partial charge in [0.2, 0.25) is 0 Å². The molecule has 7 heteroatoms. The maximum Gasteiger partial charge on any atom is 0.192 e. The van der Waals surface area contributed by atoms with Crippen LogP contribution in [0.15, 0.2) is 17.5 Å². The van der Waals surface area contributed by atoms with Gasteiger partial charge in [0, 0.05) is 22.1 Å². The molecular weight excluding hydrogens is 358 g/mol. The SMILES string of the molecule is CC(C)(C)c1cc(-c2nc(-c3n[nH]nc3C#N)cs2)cc(C(C)(C)C)c1O. The summed E-state index contributed by atoms with van der Waals surface area (Å²) in [7, 11) is 0. The Hall–Kier alpha value is -2.72. The predicted octanol–water partition coefficient (Wildman–Crippen LogP) is 4.77. The number of aromatic nitrogens is 4. The summed E-state index contributed by atoms with van der Waals surface area (Å²) < 4.78 is 0. The minimum atomic E-state index is -0.208. The van der Waals surface area contributed by atoms with E-state index in [0.717, 1.165) is 21.7 Å². The molecule has 2 aromatic heterocycles. The number of aromatic amines is 1. The van der Waals surface area contributed by atoms with Crippen molar-refractivity contribution in [1.82, 2.24) is 20.4 Å². The molecular formula is C20H23N5OS. The number of hydrogen-bond donors (Lipinski definition) is 2. The van der Waals surface area contributed by atoms with Crippen molar-refractivity contribution in [2.75, 3.05) is 0 Å². The van der Waals surface area contributed by atoms with Crippen LogP contribution in [-0.4, -0.2) is 25.5 Å². The number of hydrogen-bond acceptors (Lipinski definition) is 6. The highest BCUT2D eigenvalue weighted by molar-refractivity contribution is 7.13. The highest BCUT2D eigenvalue weighted by atomic mass is 32.1. The van der Waals surface area contributed by atoms with Crippen molar-refractivity contribution in [2.45, 2.75) is 52.4 Å². The van der Waals surface area contributed by atoms with Gasteiger partial charge in [-0.1, -0.05) is 41.5 Å². The molecule has 0 fully saturated rings. The first-order valence-electron chi connectivity index (χ1n) is 8.67. The van der Waals surface area contributed by atoms with E-state index in [1.165, 1.54) is 11.3 Å². The number of aromatic hydroxyl groups is 1. The number of thiazole rings is 1. The number of phenols is 1. The number of nitrogens with zero attached hydrogens (tertiary/aromatic N) is 4. The summed E-state index contributed by atoms with van der Waals surface area (Å²) in [5.74, 6) is 0.346. The van der Waals surface area contributed by atoms with Crippen molar-refractivity contribution in [3.8, 4) is 33.8 Å². The summed E-state index contributed by atoms with van der Waals surface area (Å²) in [4.78, 5) is 4.67. The average Bonchev–Trinajstić information content (AvgIpc) is 3.21. The molecule has 3 aromatic rings. The number of phenolic OH excluding ortho intramolecular Hbond substituents is 1. The molecule has 0 bridgehead atoms. The minimum Gasteiger partial charge on any atom is -0.507 e. The summed E-state index contributed by atoms with van der Waals surface area (Å²) in [6, 6.07) is 6.02. The lowest BCUT2D eigenvalue weighted by Gasteiger charge is -2.28. The Balaban J connectivity index is 2.17. The standard InChI is InChI=1S/C20H23N5OS/c1-19(2,3)12-7-11(8-13(17(12)26)20(4,5)6)18-22-15(10-27-18)16-14(9-21)23-25-24-16/h7-8,10,26H,1-6H3,(H,23,24,25). The van der Waals surface area contributed by atoms with E-state index in [0.29, 0.717) is 17.1 Å². The van der Waals surface area contributed by atoms with Crippen molar-refractivity contribution in [1.29, 1.82) is 5.26 Å². The third-order valence-electron chi connectivity index (χ3n) is 4.37.